The number of nitriles is 1. The third kappa shape index (κ3) is 2.23. The zero-order valence-electron chi connectivity index (χ0n) is 10.5. The summed E-state index contributed by atoms with van der Waals surface area (Å²) in [5.74, 6) is 0.489. The lowest BCUT2D eigenvalue weighted by atomic mass is 9.97. The van der Waals surface area contributed by atoms with E-state index in [1.807, 2.05) is 6.26 Å². The van der Waals surface area contributed by atoms with Gasteiger partial charge in [-0.05, 0) is 26.0 Å². The maximum Gasteiger partial charge on any atom is 0.259 e. The Morgan fingerprint density at radius 3 is 2.72 bits per heavy atom. The Hall–Kier alpha value is -1.48. The van der Waals surface area contributed by atoms with Crippen LogP contribution in [0.15, 0.2) is 10.7 Å². The lowest BCUT2D eigenvalue weighted by Gasteiger charge is -2.36. The van der Waals surface area contributed by atoms with E-state index in [0.717, 1.165) is 0 Å². The van der Waals surface area contributed by atoms with Crippen molar-refractivity contribution < 1.29 is 9.32 Å². The fraction of sp³-hybridized carbons (Fsp3) is 0.583. The van der Waals surface area contributed by atoms with Crippen LogP contribution in [-0.4, -0.2) is 40.1 Å². The highest BCUT2D eigenvalue weighted by molar-refractivity contribution is 8.00. The van der Waals surface area contributed by atoms with Crippen LogP contribution in [0.4, 0.5) is 0 Å². The Bertz CT molecular complexity index is 484. The smallest absolute Gasteiger partial charge is 0.259 e. The second-order valence-electron chi connectivity index (χ2n) is 4.40. The van der Waals surface area contributed by atoms with Crippen molar-refractivity contribution in [3.63, 3.8) is 0 Å². The number of hydrogen-bond acceptors (Lipinski definition) is 5. The number of hydrogen-bond donors (Lipinski definition) is 0. The van der Waals surface area contributed by atoms with E-state index in [9.17, 15) is 10.1 Å². The van der Waals surface area contributed by atoms with Gasteiger partial charge in [0.2, 0.25) is 0 Å². The van der Waals surface area contributed by atoms with E-state index >= 15 is 0 Å². The third-order valence-corrected chi connectivity index (χ3v) is 4.71. The van der Waals surface area contributed by atoms with Gasteiger partial charge in [-0.1, -0.05) is 5.16 Å². The zero-order chi connectivity index (χ0) is 13.2. The number of amides is 1. The van der Waals surface area contributed by atoms with Crippen LogP contribution >= 0.6 is 11.8 Å². The maximum absolute atomic E-state index is 12.2. The number of carbonyl (C=O) groups excluding carboxylic acids is 1. The Morgan fingerprint density at radius 2 is 2.28 bits per heavy atom. The Balaban J connectivity index is 2.05. The van der Waals surface area contributed by atoms with Gasteiger partial charge in [-0.25, -0.2) is 0 Å². The molecule has 0 spiro atoms. The molecular formula is C12H15N3O2S. The minimum absolute atomic E-state index is 0.0543. The summed E-state index contributed by atoms with van der Waals surface area (Å²) < 4.78 is 4.57. The number of carbonyl (C=O) groups is 1. The lowest BCUT2D eigenvalue weighted by molar-refractivity contribution is 0.0715. The first kappa shape index (κ1) is 13.0. The molecule has 2 heterocycles. The molecule has 1 aromatic heterocycles. The molecule has 2 rings (SSSR count). The van der Waals surface area contributed by atoms with Crippen molar-refractivity contribution >= 4 is 17.7 Å². The van der Waals surface area contributed by atoms with Crippen LogP contribution in [0.2, 0.25) is 0 Å². The van der Waals surface area contributed by atoms with E-state index < -0.39 is 0 Å². The molecule has 1 aliphatic heterocycles. The number of aromatic nitrogens is 1. The van der Waals surface area contributed by atoms with Gasteiger partial charge in [-0.3, -0.25) is 4.79 Å². The average molecular weight is 265 g/mol. The molecule has 0 saturated carbocycles. The monoisotopic (exact) mass is 265 g/mol. The number of nitrogens with zero attached hydrogens (tertiary/aromatic N) is 3. The SMILES string of the molecule is CSC1(C#N)CCN(C(=O)c2cnoc2C)CC1. The summed E-state index contributed by atoms with van der Waals surface area (Å²) in [6.45, 7) is 2.95. The average Bonchev–Trinajstić information content (AvgIpc) is 2.84. The first-order valence-electron chi connectivity index (χ1n) is 5.79. The molecule has 0 aliphatic carbocycles. The van der Waals surface area contributed by atoms with Crippen LogP contribution in [0, 0.1) is 18.3 Å². The molecule has 5 nitrogen and oxygen atoms in total. The van der Waals surface area contributed by atoms with Gasteiger partial charge in [-0.2, -0.15) is 5.26 Å². The van der Waals surface area contributed by atoms with Crippen molar-refractivity contribution in [2.75, 3.05) is 19.3 Å². The topological polar surface area (TPSA) is 70.1 Å². The fourth-order valence-corrected chi connectivity index (χ4v) is 2.79. The molecule has 18 heavy (non-hydrogen) atoms. The van der Waals surface area contributed by atoms with E-state index in [1.54, 1.807) is 23.6 Å². The van der Waals surface area contributed by atoms with E-state index in [-0.39, 0.29) is 10.7 Å². The quantitative estimate of drug-likeness (QED) is 0.816. The molecule has 0 radical (unpaired) electrons. The Labute approximate surface area is 110 Å². The summed E-state index contributed by atoms with van der Waals surface area (Å²) in [5.41, 5.74) is 0.517. The first-order valence-corrected chi connectivity index (χ1v) is 7.01. The van der Waals surface area contributed by atoms with Gasteiger partial charge in [0, 0.05) is 13.1 Å². The highest BCUT2D eigenvalue weighted by Gasteiger charge is 2.36. The predicted molar refractivity (Wildman–Crippen MR) is 68.2 cm³/mol. The molecule has 0 unspecified atom stereocenters. The van der Waals surface area contributed by atoms with E-state index in [2.05, 4.69) is 11.2 Å². The predicted octanol–water partition coefficient (Wildman–Crippen LogP) is 1.84. The molecular weight excluding hydrogens is 250 g/mol. The van der Waals surface area contributed by atoms with Crippen molar-refractivity contribution in [1.29, 1.82) is 5.26 Å². The molecule has 96 valence electrons. The normalized spacial score (nSPS) is 18.4. The second kappa shape index (κ2) is 5.02. The van der Waals surface area contributed by atoms with Gasteiger partial charge in [-0.15, -0.1) is 11.8 Å². The molecule has 1 fully saturated rings. The van der Waals surface area contributed by atoms with Crippen LogP contribution < -0.4 is 0 Å². The van der Waals surface area contributed by atoms with Crippen LogP contribution in [-0.2, 0) is 0 Å². The van der Waals surface area contributed by atoms with Crippen LogP contribution in [0.5, 0.6) is 0 Å². The van der Waals surface area contributed by atoms with Crippen molar-refractivity contribution in [3.8, 4) is 6.07 Å². The van der Waals surface area contributed by atoms with E-state index in [4.69, 9.17) is 4.52 Å². The minimum Gasteiger partial charge on any atom is -0.361 e. The Morgan fingerprint density at radius 1 is 1.61 bits per heavy atom. The van der Waals surface area contributed by atoms with Gasteiger partial charge >= 0.3 is 0 Å². The largest absolute Gasteiger partial charge is 0.361 e. The summed E-state index contributed by atoms with van der Waals surface area (Å²) in [4.78, 5) is 14.0. The Kier molecular flexibility index (Phi) is 3.62. The maximum atomic E-state index is 12.2. The lowest BCUT2D eigenvalue weighted by Crippen LogP contribution is -2.44. The van der Waals surface area contributed by atoms with Crippen molar-refractivity contribution in [2.45, 2.75) is 24.5 Å². The summed E-state index contributed by atoms with van der Waals surface area (Å²) in [6.07, 6.45) is 4.82. The highest BCUT2D eigenvalue weighted by atomic mass is 32.2. The number of likely N-dealkylation sites (tertiary alicyclic amines) is 1. The molecule has 1 aromatic rings. The number of piperidine rings is 1. The molecule has 0 bridgehead atoms. The van der Waals surface area contributed by atoms with Gasteiger partial charge < -0.3 is 9.42 Å². The van der Waals surface area contributed by atoms with Crippen LogP contribution in [0.3, 0.4) is 0 Å². The van der Waals surface area contributed by atoms with Gasteiger partial charge in [0.05, 0.1) is 12.3 Å². The molecule has 0 N–H and O–H groups in total. The number of rotatable bonds is 2. The number of aryl methyl sites for hydroxylation is 1. The molecule has 1 saturated heterocycles. The number of thioether (sulfide) groups is 1. The van der Waals surface area contributed by atoms with Gasteiger partial charge in [0.25, 0.3) is 5.91 Å². The van der Waals surface area contributed by atoms with Crippen LogP contribution in [0.1, 0.15) is 29.0 Å². The molecule has 0 aromatic carbocycles. The summed E-state index contributed by atoms with van der Waals surface area (Å²) >= 11 is 1.58. The van der Waals surface area contributed by atoms with Crippen LogP contribution in [0.25, 0.3) is 0 Å². The summed E-state index contributed by atoms with van der Waals surface area (Å²) in [5, 5.41) is 12.8. The van der Waals surface area contributed by atoms with Crippen molar-refractivity contribution in [3.05, 3.63) is 17.5 Å². The third-order valence-electron chi connectivity index (χ3n) is 3.43. The zero-order valence-corrected chi connectivity index (χ0v) is 11.3. The minimum atomic E-state index is -0.333. The standard InChI is InChI=1S/C12H15N3O2S/c1-9-10(7-14-17-9)11(16)15-5-3-12(8-13,18-2)4-6-15/h7H,3-6H2,1-2H3. The van der Waals surface area contributed by atoms with Gasteiger partial charge in [0.1, 0.15) is 16.1 Å². The molecule has 1 amide bonds. The molecule has 0 atom stereocenters. The van der Waals surface area contributed by atoms with Crippen molar-refractivity contribution in [1.82, 2.24) is 10.1 Å². The summed E-state index contributed by atoms with van der Waals surface area (Å²) in [7, 11) is 0. The van der Waals surface area contributed by atoms with Gasteiger partial charge in [0.15, 0.2) is 0 Å². The first-order chi connectivity index (χ1) is 8.62. The molecule has 6 heteroatoms. The highest BCUT2D eigenvalue weighted by Crippen LogP contribution is 2.34. The van der Waals surface area contributed by atoms with E-state index in [1.165, 1.54) is 6.20 Å². The fourth-order valence-electron chi connectivity index (χ4n) is 2.11. The second-order valence-corrected chi connectivity index (χ2v) is 5.59. The summed E-state index contributed by atoms with van der Waals surface area (Å²) in [6, 6.07) is 2.37. The van der Waals surface area contributed by atoms with E-state index in [0.29, 0.717) is 37.3 Å². The van der Waals surface area contributed by atoms with Crippen molar-refractivity contribution in [2.24, 2.45) is 0 Å². The molecule has 1 aliphatic rings.